The van der Waals surface area contributed by atoms with Crippen LogP contribution in [0.4, 0.5) is 0 Å². The summed E-state index contributed by atoms with van der Waals surface area (Å²) in [7, 11) is 0. The Morgan fingerprint density at radius 1 is 1.18 bits per heavy atom. The van der Waals surface area contributed by atoms with Crippen molar-refractivity contribution >= 4 is 11.8 Å². The standard InChI is InChI=1S/C14H27NOS/c1-14(2)9-8-12(16-14)10-15-11-4-6-13(17-3)7-5-11/h11-13,15H,4-10H2,1-3H3. The molecule has 2 fully saturated rings. The van der Waals surface area contributed by atoms with Crippen LogP contribution < -0.4 is 5.32 Å². The molecule has 0 spiro atoms. The highest BCUT2D eigenvalue weighted by molar-refractivity contribution is 7.99. The lowest BCUT2D eigenvalue weighted by molar-refractivity contribution is -0.0155. The van der Waals surface area contributed by atoms with Crippen molar-refractivity contribution < 1.29 is 4.74 Å². The van der Waals surface area contributed by atoms with E-state index in [-0.39, 0.29) is 5.60 Å². The second kappa shape index (κ2) is 5.94. The maximum absolute atomic E-state index is 6.02. The van der Waals surface area contributed by atoms with Crippen molar-refractivity contribution in [2.45, 2.75) is 75.4 Å². The van der Waals surface area contributed by atoms with Crippen molar-refractivity contribution in [3.05, 3.63) is 0 Å². The minimum Gasteiger partial charge on any atom is -0.371 e. The van der Waals surface area contributed by atoms with Gasteiger partial charge in [-0.2, -0.15) is 11.8 Å². The van der Waals surface area contributed by atoms with Crippen LogP contribution in [0.2, 0.25) is 0 Å². The van der Waals surface area contributed by atoms with E-state index in [0.29, 0.717) is 6.10 Å². The van der Waals surface area contributed by atoms with Crippen molar-refractivity contribution in [1.82, 2.24) is 5.32 Å². The number of nitrogens with one attached hydrogen (secondary N) is 1. The zero-order valence-electron chi connectivity index (χ0n) is 11.5. The molecule has 17 heavy (non-hydrogen) atoms. The first-order valence-corrected chi connectivity index (χ1v) is 8.32. The van der Waals surface area contributed by atoms with Crippen molar-refractivity contribution in [3.63, 3.8) is 0 Å². The Bertz CT molecular complexity index is 236. The van der Waals surface area contributed by atoms with Crippen molar-refractivity contribution in [2.24, 2.45) is 0 Å². The first kappa shape index (κ1) is 13.7. The summed E-state index contributed by atoms with van der Waals surface area (Å²) in [6.07, 6.45) is 10.6. The maximum Gasteiger partial charge on any atom is 0.0707 e. The van der Waals surface area contributed by atoms with Gasteiger partial charge in [0.05, 0.1) is 11.7 Å². The van der Waals surface area contributed by atoms with Crippen LogP contribution in [0.15, 0.2) is 0 Å². The minimum absolute atomic E-state index is 0.114. The van der Waals surface area contributed by atoms with Crippen LogP contribution in [0.5, 0.6) is 0 Å². The lowest BCUT2D eigenvalue weighted by Gasteiger charge is -2.29. The fraction of sp³-hybridized carbons (Fsp3) is 1.00. The third-order valence-electron chi connectivity index (χ3n) is 4.20. The first-order chi connectivity index (χ1) is 8.09. The molecule has 2 aliphatic rings. The quantitative estimate of drug-likeness (QED) is 0.835. The van der Waals surface area contributed by atoms with E-state index < -0.39 is 0 Å². The molecule has 1 saturated heterocycles. The van der Waals surface area contributed by atoms with Crippen LogP contribution in [-0.4, -0.2) is 35.8 Å². The smallest absolute Gasteiger partial charge is 0.0707 e. The van der Waals surface area contributed by atoms with Gasteiger partial charge in [0.15, 0.2) is 0 Å². The van der Waals surface area contributed by atoms with Gasteiger partial charge in [-0.25, -0.2) is 0 Å². The molecule has 2 nitrogen and oxygen atoms in total. The van der Waals surface area contributed by atoms with Gasteiger partial charge in [0, 0.05) is 17.8 Å². The normalized spacial score (nSPS) is 37.2. The molecule has 1 aliphatic heterocycles. The average Bonchev–Trinajstić information content (AvgIpc) is 2.67. The van der Waals surface area contributed by atoms with E-state index in [9.17, 15) is 0 Å². The molecule has 0 amide bonds. The van der Waals surface area contributed by atoms with Gasteiger partial charge in [0.25, 0.3) is 0 Å². The van der Waals surface area contributed by atoms with Gasteiger partial charge in [0.1, 0.15) is 0 Å². The molecule has 0 radical (unpaired) electrons. The summed E-state index contributed by atoms with van der Waals surface area (Å²) in [5.41, 5.74) is 0.114. The number of thioether (sulfide) groups is 1. The number of hydrogen-bond acceptors (Lipinski definition) is 3. The molecule has 0 aromatic rings. The van der Waals surface area contributed by atoms with E-state index in [0.717, 1.165) is 17.8 Å². The lowest BCUT2D eigenvalue weighted by atomic mass is 9.95. The third kappa shape index (κ3) is 4.15. The fourth-order valence-electron chi connectivity index (χ4n) is 3.02. The van der Waals surface area contributed by atoms with Crippen molar-refractivity contribution in [1.29, 1.82) is 0 Å². The highest BCUT2D eigenvalue weighted by atomic mass is 32.2. The summed E-state index contributed by atoms with van der Waals surface area (Å²) in [4.78, 5) is 0. The molecule has 1 heterocycles. The van der Waals surface area contributed by atoms with Gasteiger partial charge in [-0.3, -0.25) is 0 Å². The summed E-state index contributed by atoms with van der Waals surface area (Å²) >= 11 is 2.04. The molecule has 1 atom stereocenters. The summed E-state index contributed by atoms with van der Waals surface area (Å²) in [6.45, 7) is 5.46. The Labute approximate surface area is 110 Å². The number of ether oxygens (including phenoxy) is 1. The van der Waals surface area contributed by atoms with Gasteiger partial charge in [-0.1, -0.05) is 0 Å². The van der Waals surface area contributed by atoms with E-state index in [1.54, 1.807) is 0 Å². The largest absolute Gasteiger partial charge is 0.371 e. The number of hydrogen-bond donors (Lipinski definition) is 1. The Kier molecular flexibility index (Phi) is 4.79. The van der Waals surface area contributed by atoms with E-state index in [1.807, 2.05) is 11.8 Å². The SMILES string of the molecule is CSC1CCC(NCC2CCC(C)(C)O2)CC1. The average molecular weight is 257 g/mol. The van der Waals surface area contributed by atoms with Gasteiger partial charge >= 0.3 is 0 Å². The Morgan fingerprint density at radius 2 is 1.88 bits per heavy atom. The van der Waals surface area contributed by atoms with Crippen LogP contribution in [0.3, 0.4) is 0 Å². The van der Waals surface area contributed by atoms with Crippen LogP contribution in [0, 0.1) is 0 Å². The number of rotatable bonds is 4. The molecule has 1 unspecified atom stereocenters. The molecule has 0 aromatic heterocycles. The second-order valence-corrected chi connectivity index (χ2v) is 7.29. The Balaban J connectivity index is 1.63. The van der Waals surface area contributed by atoms with E-state index in [4.69, 9.17) is 4.74 Å². The monoisotopic (exact) mass is 257 g/mol. The molecule has 0 bridgehead atoms. The maximum atomic E-state index is 6.02. The zero-order chi connectivity index (χ0) is 12.3. The Morgan fingerprint density at radius 3 is 2.41 bits per heavy atom. The topological polar surface area (TPSA) is 21.3 Å². The zero-order valence-corrected chi connectivity index (χ0v) is 12.3. The molecule has 100 valence electrons. The molecule has 3 heteroatoms. The van der Waals surface area contributed by atoms with Gasteiger partial charge in [0.2, 0.25) is 0 Å². The predicted octanol–water partition coefficient (Wildman–Crippen LogP) is 3.21. The second-order valence-electron chi connectivity index (χ2n) is 6.16. The van der Waals surface area contributed by atoms with Crippen molar-refractivity contribution in [2.75, 3.05) is 12.8 Å². The van der Waals surface area contributed by atoms with Crippen LogP contribution in [-0.2, 0) is 4.74 Å². The first-order valence-electron chi connectivity index (χ1n) is 7.03. The molecule has 1 aliphatic carbocycles. The molecule has 0 aromatic carbocycles. The highest BCUT2D eigenvalue weighted by Gasteiger charge is 2.31. The van der Waals surface area contributed by atoms with Crippen molar-refractivity contribution in [3.8, 4) is 0 Å². The van der Waals surface area contributed by atoms with E-state index in [2.05, 4.69) is 25.4 Å². The predicted molar refractivity (Wildman–Crippen MR) is 75.7 cm³/mol. The van der Waals surface area contributed by atoms with Crippen LogP contribution in [0.1, 0.15) is 52.4 Å². The lowest BCUT2D eigenvalue weighted by Crippen LogP contribution is -2.39. The molecule has 2 rings (SSSR count). The molecule has 1 N–H and O–H groups in total. The van der Waals surface area contributed by atoms with E-state index in [1.165, 1.54) is 38.5 Å². The fourth-order valence-corrected chi connectivity index (χ4v) is 3.77. The van der Waals surface area contributed by atoms with Gasteiger partial charge < -0.3 is 10.1 Å². The minimum atomic E-state index is 0.114. The Hall–Kier alpha value is 0.270. The summed E-state index contributed by atoms with van der Waals surface area (Å²) in [6, 6.07) is 0.741. The molecular formula is C14H27NOS. The van der Waals surface area contributed by atoms with Gasteiger partial charge in [-0.05, 0) is 58.6 Å². The summed E-state index contributed by atoms with van der Waals surface area (Å²) in [5.74, 6) is 0. The summed E-state index contributed by atoms with van der Waals surface area (Å²) < 4.78 is 6.02. The van der Waals surface area contributed by atoms with Crippen LogP contribution >= 0.6 is 11.8 Å². The third-order valence-corrected chi connectivity index (χ3v) is 5.33. The van der Waals surface area contributed by atoms with E-state index >= 15 is 0 Å². The molecular weight excluding hydrogens is 230 g/mol. The summed E-state index contributed by atoms with van der Waals surface area (Å²) in [5, 5.41) is 4.62. The van der Waals surface area contributed by atoms with Crippen LogP contribution in [0.25, 0.3) is 0 Å². The highest BCUT2D eigenvalue weighted by Crippen LogP contribution is 2.30. The molecule has 1 saturated carbocycles. The van der Waals surface area contributed by atoms with Gasteiger partial charge in [-0.15, -0.1) is 0 Å².